The zero-order chi connectivity index (χ0) is 14.4. The van der Waals surface area contributed by atoms with Crippen molar-refractivity contribution in [3.8, 4) is 0 Å². The molecule has 20 heavy (non-hydrogen) atoms. The molecule has 0 bridgehead atoms. The average molecular weight is 274 g/mol. The maximum atomic E-state index is 12.0. The molecule has 1 saturated carbocycles. The van der Waals surface area contributed by atoms with Crippen LogP contribution in [0, 0.1) is 0 Å². The van der Waals surface area contributed by atoms with Crippen molar-refractivity contribution < 1.29 is 9.59 Å². The highest BCUT2D eigenvalue weighted by molar-refractivity contribution is 5.99. The van der Waals surface area contributed by atoms with Gasteiger partial charge in [0.15, 0.2) is 0 Å². The second-order valence-electron chi connectivity index (χ2n) is 5.29. The summed E-state index contributed by atoms with van der Waals surface area (Å²) >= 11 is 0. The summed E-state index contributed by atoms with van der Waals surface area (Å²) in [6, 6.07) is 7.22. The standard InChI is InChI=1S/C16H22N2O2/c1-2-3-4-10-17-15(19)12-6-5-7-13(11-12)16(20)18-14-8-9-14/h5-7,11,14H,2-4,8-10H2,1H3,(H,17,19)(H,18,20). The molecular formula is C16H22N2O2. The molecule has 1 aromatic rings. The molecule has 2 amide bonds. The predicted octanol–water partition coefficient (Wildman–Crippen LogP) is 2.50. The van der Waals surface area contributed by atoms with Gasteiger partial charge in [-0.25, -0.2) is 0 Å². The summed E-state index contributed by atoms with van der Waals surface area (Å²) in [6.45, 7) is 2.81. The third kappa shape index (κ3) is 4.37. The zero-order valence-corrected chi connectivity index (χ0v) is 11.9. The molecule has 0 unspecified atom stereocenters. The monoisotopic (exact) mass is 274 g/mol. The van der Waals surface area contributed by atoms with E-state index in [4.69, 9.17) is 0 Å². The first-order valence-electron chi connectivity index (χ1n) is 7.40. The number of benzene rings is 1. The summed E-state index contributed by atoms with van der Waals surface area (Å²) in [7, 11) is 0. The summed E-state index contributed by atoms with van der Waals surface area (Å²) in [5, 5.41) is 5.81. The Morgan fingerprint density at radius 3 is 2.50 bits per heavy atom. The summed E-state index contributed by atoms with van der Waals surface area (Å²) in [5.74, 6) is -0.199. The molecule has 4 nitrogen and oxygen atoms in total. The van der Waals surface area contributed by atoms with E-state index in [1.54, 1.807) is 24.3 Å². The van der Waals surface area contributed by atoms with Gasteiger partial charge >= 0.3 is 0 Å². The highest BCUT2D eigenvalue weighted by atomic mass is 16.2. The molecule has 108 valence electrons. The molecule has 0 saturated heterocycles. The van der Waals surface area contributed by atoms with E-state index >= 15 is 0 Å². The van der Waals surface area contributed by atoms with Crippen LogP contribution in [0.5, 0.6) is 0 Å². The highest BCUT2D eigenvalue weighted by Gasteiger charge is 2.23. The van der Waals surface area contributed by atoms with Crippen LogP contribution in [-0.2, 0) is 0 Å². The van der Waals surface area contributed by atoms with Crippen molar-refractivity contribution in [2.75, 3.05) is 6.54 Å². The fourth-order valence-electron chi connectivity index (χ4n) is 1.98. The molecule has 0 atom stereocenters. The topological polar surface area (TPSA) is 58.2 Å². The van der Waals surface area contributed by atoms with Crippen LogP contribution in [0.15, 0.2) is 24.3 Å². The normalized spacial score (nSPS) is 13.8. The Labute approximate surface area is 119 Å². The first kappa shape index (κ1) is 14.6. The van der Waals surface area contributed by atoms with Crippen LogP contribution in [0.2, 0.25) is 0 Å². The van der Waals surface area contributed by atoms with Crippen LogP contribution in [0.25, 0.3) is 0 Å². The molecule has 1 aliphatic carbocycles. The molecule has 1 aliphatic rings. The third-order valence-corrected chi connectivity index (χ3v) is 3.37. The van der Waals surface area contributed by atoms with Crippen molar-refractivity contribution in [3.63, 3.8) is 0 Å². The van der Waals surface area contributed by atoms with E-state index in [2.05, 4.69) is 17.6 Å². The van der Waals surface area contributed by atoms with E-state index in [0.717, 1.165) is 32.1 Å². The largest absolute Gasteiger partial charge is 0.352 e. The summed E-state index contributed by atoms with van der Waals surface area (Å²) in [5.41, 5.74) is 1.10. The number of rotatable bonds is 7. The molecule has 2 N–H and O–H groups in total. The van der Waals surface area contributed by atoms with Gasteiger partial charge in [-0.05, 0) is 37.5 Å². The number of hydrogen-bond acceptors (Lipinski definition) is 2. The quantitative estimate of drug-likeness (QED) is 0.751. The molecule has 0 spiro atoms. The first-order valence-corrected chi connectivity index (χ1v) is 7.40. The van der Waals surface area contributed by atoms with Gasteiger partial charge in [-0.1, -0.05) is 25.8 Å². The molecule has 0 heterocycles. The van der Waals surface area contributed by atoms with Crippen molar-refractivity contribution in [2.45, 2.75) is 45.1 Å². The Morgan fingerprint density at radius 1 is 1.15 bits per heavy atom. The van der Waals surface area contributed by atoms with Gasteiger partial charge in [0, 0.05) is 23.7 Å². The first-order chi connectivity index (χ1) is 9.70. The van der Waals surface area contributed by atoms with Crippen molar-refractivity contribution >= 4 is 11.8 Å². The van der Waals surface area contributed by atoms with Crippen LogP contribution in [-0.4, -0.2) is 24.4 Å². The van der Waals surface area contributed by atoms with Crippen molar-refractivity contribution in [3.05, 3.63) is 35.4 Å². The van der Waals surface area contributed by atoms with Crippen LogP contribution >= 0.6 is 0 Å². The van der Waals surface area contributed by atoms with Gasteiger partial charge in [-0.15, -0.1) is 0 Å². The second-order valence-corrected chi connectivity index (χ2v) is 5.29. The number of carbonyl (C=O) groups is 2. The van der Waals surface area contributed by atoms with Crippen LogP contribution in [0.4, 0.5) is 0 Å². The van der Waals surface area contributed by atoms with Crippen LogP contribution in [0.3, 0.4) is 0 Å². The SMILES string of the molecule is CCCCCNC(=O)c1cccc(C(=O)NC2CC2)c1. The second kappa shape index (κ2) is 7.08. The number of amides is 2. The van der Waals surface area contributed by atoms with E-state index in [0.29, 0.717) is 23.7 Å². The molecule has 1 aromatic carbocycles. The Morgan fingerprint density at radius 2 is 1.85 bits per heavy atom. The Hall–Kier alpha value is -1.84. The van der Waals surface area contributed by atoms with Crippen LogP contribution < -0.4 is 10.6 Å². The lowest BCUT2D eigenvalue weighted by Crippen LogP contribution is -2.27. The van der Waals surface area contributed by atoms with Gasteiger partial charge in [0.25, 0.3) is 11.8 Å². The van der Waals surface area contributed by atoms with E-state index in [9.17, 15) is 9.59 Å². The van der Waals surface area contributed by atoms with Gasteiger partial charge < -0.3 is 10.6 Å². The van der Waals surface area contributed by atoms with E-state index < -0.39 is 0 Å². The maximum Gasteiger partial charge on any atom is 0.251 e. The van der Waals surface area contributed by atoms with Gasteiger partial charge in [0.2, 0.25) is 0 Å². The minimum Gasteiger partial charge on any atom is -0.352 e. The zero-order valence-electron chi connectivity index (χ0n) is 11.9. The van der Waals surface area contributed by atoms with Crippen molar-refractivity contribution in [2.24, 2.45) is 0 Å². The molecule has 0 radical (unpaired) electrons. The minimum absolute atomic E-state index is 0.0897. The molecule has 4 heteroatoms. The summed E-state index contributed by atoms with van der Waals surface area (Å²) < 4.78 is 0. The Bertz CT molecular complexity index is 481. The number of hydrogen-bond donors (Lipinski definition) is 2. The fourth-order valence-corrected chi connectivity index (χ4v) is 1.98. The fraction of sp³-hybridized carbons (Fsp3) is 0.500. The molecule has 0 aliphatic heterocycles. The van der Waals surface area contributed by atoms with Gasteiger partial charge in [0.1, 0.15) is 0 Å². The lowest BCUT2D eigenvalue weighted by Gasteiger charge is -2.07. The third-order valence-electron chi connectivity index (χ3n) is 3.37. The maximum absolute atomic E-state index is 12.0. The van der Waals surface area contributed by atoms with E-state index in [1.165, 1.54) is 0 Å². The predicted molar refractivity (Wildman–Crippen MR) is 78.8 cm³/mol. The van der Waals surface area contributed by atoms with Crippen LogP contribution in [0.1, 0.15) is 59.7 Å². The van der Waals surface area contributed by atoms with Gasteiger partial charge in [-0.2, -0.15) is 0 Å². The smallest absolute Gasteiger partial charge is 0.251 e. The lowest BCUT2D eigenvalue weighted by atomic mass is 10.1. The molecule has 2 rings (SSSR count). The Balaban J connectivity index is 1.90. The summed E-state index contributed by atoms with van der Waals surface area (Å²) in [6.07, 6.45) is 5.35. The van der Waals surface area contributed by atoms with E-state index in [-0.39, 0.29) is 11.8 Å². The van der Waals surface area contributed by atoms with E-state index in [1.807, 2.05) is 0 Å². The molecule has 1 fully saturated rings. The van der Waals surface area contributed by atoms with Crippen molar-refractivity contribution in [1.82, 2.24) is 10.6 Å². The van der Waals surface area contributed by atoms with Gasteiger partial charge in [-0.3, -0.25) is 9.59 Å². The lowest BCUT2D eigenvalue weighted by molar-refractivity contribution is 0.0950. The molecule has 0 aromatic heterocycles. The van der Waals surface area contributed by atoms with Crippen molar-refractivity contribution in [1.29, 1.82) is 0 Å². The summed E-state index contributed by atoms with van der Waals surface area (Å²) in [4.78, 5) is 23.9. The van der Waals surface area contributed by atoms with Gasteiger partial charge in [0.05, 0.1) is 0 Å². The minimum atomic E-state index is -0.109. The number of unbranched alkanes of at least 4 members (excludes halogenated alkanes) is 2. The number of carbonyl (C=O) groups excluding carboxylic acids is 2. The highest BCUT2D eigenvalue weighted by Crippen LogP contribution is 2.19. The Kier molecular flexibility index (Phi) is 5.16. The molecular weight excluding hydrogens is 252 g/mol. The average Bonchev–Trinajstić information content (AvgIpc) is 3.27. The number of nitrogens with one attached hydrogen (secondary N) is 2.